The molecule has 1 saturated heterocycles. The van der Waals surface area contributed by atoms with E-state index in [0.717, 1.165) is 0 Å². The molecule has 35 heavy (non-hydrogen) atoms. The van der Waals surface area contributed by atoms with Gasteiger partial charge in [-0.3, -0.25) is 0 Å². The predicted molar refractivity (Wildman–Crippen MR) is 114 cm³/mol. The molecule has 1 N–H and O–H groups in total. The van der Waals surface area contributed by atoms with Crippen molar-refractivity contribution in [3.05, 3.63) is 70.0 Å². The highest BCUT2D eigenvalue weighted by molar-refractivity contribution is 5.77. The second-order valence-electron chi connectivity index (χ2n) is 9.08. The molecule has 2 amide bonds. The molecule has 0 unspecified atom stereocenters. The molecule has 190 valence electrons. The van der Waals surface area contributed by atoms with Crippen LogP contribution in [-0.2, 0) is 17.9 Å². The lowest BCUT2D eigenvalue weighted by atomic mass is 9.96. The van der Waals surface area contributed by atoms with E-state index in [1.807, 2.05) is 0 Å². The summed E-state index contributed by atoms with van der Waals surface area (Å²) in [4.78, 5) is 16.4. The third-order valence-corrected chi connectivity index (χ3v) is 6.86. The number of nitrogens with one attached hydrogen (secondary N) is 1. The van der Waals surface area contributed by atoms with Gasteiger partial charge in [-0.2, -0.15) is 26.3 Å². The minimum atomic E-state index is -4.97. The second kappa shape index (κ2) is 8.69. The predicted octanol–water partition coefficient (Wildman–Crippen LogP) is 5.86. The molecule has 2 fully saturated rings. The summed E-state index contributed by atoms with van der Waals surface area (Å²) < 4.78 is 94.1. The lowest BCUT2D eigenvalue weighted by molar-refractivity contribution is -0.143. The Hall–Kier alpha value is -2.82. The molecule has 0 bridgehead atoms. The van der Waals surface area contributed by atoms with Gasteiger partial charge in [0.25, 0.3) is 0 Å². The average molecular weight is 503 g/mol. The minimum absolute atomic E-state index is 0.0883. The maximum atomic E-state index is 13.6. The summed E-state index contributed by atoms with van der Waals surface area (Å²) >= 11 is 0. The average Bonchev–Trinajstić information content (AvgIpc) is 3.59. The van der Waals surface area contributed by atoms with E-state index in [9.17, 15) is 35.5 Å². The molecule has 4 rings (SSSR count). The lowest BCUT2D eigenvalue weighted by Gasteiger charge is -2.41. The summed E-state index contributed by atoms with van der Waals surface area (Å²) in [6, 6.07) is 4.72. The van der Waals surface area contributed by atoms with Crippen molar-refractivity contribution in [3.63, 3.8) is 0 Å². The number of aryl methyl sites for hydroxylation is 1. The van der Waals surface area contributed by atoms with E-state index < -0.39 is 46.9 Å². The Morgan fingerprint density at radius 2 is 1.63 bits per heavy atom. The fourth-order valence-electron chi connectivity index (χ4n) is 4.76. The number of hydrogen-bond acceptors (Lipinski definition) is 2. The van der Waals surface area contributed by atoms with E-state index in [-0.39, 0.29) is 31.0 Å². The van der Waals surface area contributed by atoms with Gasteiger partial charge < -0.3 is 15.1 Å². The van der Waals surface area contributed by atoms with Gasteiger partial charge in [0.05, 0.1) is 22.7 Å². The molecule has 0 spiro atoms. The molecule has 11 heteroatoms. The molecule has 1 heterocycles. The van der Waals surface area contributed by atoms with Gasteiger partial charge in [0, 0.05) is 26.7 Å². The number of rotatable bonds is 3. The first-order chi connectivity index (χ1) is 16.2. The van der Waals surface area contributed by atoms with Crippen LogP contribution in [0.25, 0.3) is 0 Å². The molecule has 2 aromatic rings. The number of alkyl halides is 6. The summed E-state index contributed by atoms with van der Waals surface area (Å²) in [5.41, 5.74) is -2.93. The standard InChI is InChI=1S/C24H24F7N3O/c1-14-9-18(25)3-4-19(14)20-13-32-7-8-34(20)21(35)33(2)22(5-6-22)15-10-16(23(26,27)28)12-17(11-15)24(29,30)31/h3-4,9-12,20,32H,5-8,13H2,1-2H3/t20-/m1/s1. The Labute approximate surface area is 197 Å². The fraction of sp³-hybridized carbons (Fsp3) is 0.458. The Balaban J connectivity index is 1.69. The van der Waals surface area contributed by atoms with Crippen LogP contribution in [0.4, 0.5) is 35.5 Å². The van der Waals surface area contributed by atoms with Gasteiger partial charge >= 0.3 is 18.4 Å². The number of benzene rings is 2. The third-order valence-electron chi connectivity index (χ3n) is 6.86. The maximum Gasteiger partial charge on any atom is 0.416 e. The highest BCUT2D eigenvalue weighted by atomic mass is 19.4. The number of hydrogen-bond donors (Lipinski definition) is 1. The van der Waals surface area contributed by atoms with Gasteiger partial charge in [-0.05, 0) is 66.8 Å². The van der Waals surface area contributed by atoms with Crippen LogP contribution in [0.2, 0.25) is 0 Å². The normalized spacial score (nSPS) is 20.0. The largest absolute Gasteiger partial charge is 0.416 e. The van der Waals surface area contributed by atoms with Crippen LogP contribution in [0.3, 0.4) is 0 Å². The van der Waals surface area contributed by atoms with E-state index in [1.165, 1.54) is 29.0 Å². The zero-order valence-electron chi connectivity index (χ0n) is 19.0. The van der Waals surface area contributed by atoms with Crippen LogP contribution >= 0.6 is 0 Å². The molecule has 1 atom stereocenters. The minimum Gasteiger partial charge on any atom is -0.318 e. The highest BCUT2D eigenvalue weighted by Crippen LogP contribution is 2.53. The SMILES string of the molecule is Cc1cc(F)ccc1[C@H]1CNCCN1C(=O)N(C)C1(c2cc(C(F)(F)F)cc(C(F)(F)F)c2)CC1. The molecule has 4 nitrogen and oxygen atoms in total. The zero-order chi connectivity index (χ0) is 25.8. The molecule has 1 aliphatic heterocycles. The summed E-state index contributed by atoms with van der Waals surface area (Å²) in [5, 5.41) is 3.18. The van der Waals surface area contributed by atoms with Crippen LogP contribution < -0.4 is 5.32 Å². The summed E-state index contributed by atoms with van der Waals surface area (Å²) in [5.74, 6) is -0.424. The topological polar surface area (TPSA) is 35.6 Å². The van der Waals surface area contributed by atoms with Crippen molar-refractivity contribution in [2.75, 3.05) is 26.7 Å². The first-order valence-electron chi connectivity index (χ1n) is 11.1. The van der Waals surface area contributed by atoms with E-state index in [2.05, 4.69) is 5.32 Å². The van der Waals surface area contributed by atoms with Gasteiger partial charge in [-0.15, -0.1) is 0 Å². The van der Waals surface area contributed by atoms with E-state index >= 15 is 0 Å². The molecule has 0 radical (unpaired) electrons. The number of urea groups is 1. The molecule has 2 aromatic carbocycles. The van der Waals surface area contributed by atoms with E-state index in [0.29, 0.717) is 36.3 Å². The van der Waals surface area contributed by atoms with Crippen molar-refractivity contribution in [2.45, 2.75) is 43.7 Å². The van der Waals surface area contributed by atoms with Crippen molar-refractivity contribution < 1.29 is 35.5 Å². The number of carbonyl (C=O) groups is 1. The maximum absolute atomic E-state index is 13.6. The quantitative estimate of drug-likeness (QED) is 0.533. The molecular formula is C24H24F7N3O. The van der Waals surface area contributed by atoms with E-state index in [4.69, 9.17) is 0 Å². The fourth-order valence-corrected chi connectivity index (χ4v) is 4.76. The smallest absolute Gasteiger partial charge is 0.318 e. The van der Waals surface area contributed by atoms with E-state index in [1.54, 1.807) is 13.0 Å². The van der Waals surface area contributed by atoms with Crippen molar-refractivity contribution in [3.8, 4) is 0 Å². The van der Waals surface area contributed by atoms with Gasteiger partial charge in [-0.25, -0.2) is 9.18 Å². The van der Waals surface area contributed by atoms with Crippen molar-refractivity contribution in [1.29, 1.82) is 0 Å². The van der Waals surface area contributed by atoms with Crippen molar-refractivity contribution in [2.24, 2.45) is 0 Å². The number of amides is 2. The highest BCUT2D eigenvalue weighted by Gasteiger charge is 2.53. The summed E-state index contributed by atoms with van der Waals surface area (Å²) in [6.45, 7) is 2.83. The Morgan fingerprint density at radius 1 is 1.03 bits per heavy atom. The van der Waals surface area contributed by atoms with Crippen LogP contribution in [0.5, 0.6) is 0 Å². The molecule has 1 aliphatic carbocycles. The molecule has 2 aliphatic rings. The Bertz CT molecular complexity index is 1090. The first kappa shape index (κ1) is 25.3. The van der Waals surface area contributed by atoms with Gasteiger partial charge in [0.2, 0.25) is 0 Å². The van der Waals surface area contributed by atoms with Gasteiger partial charge in [-0.1, -0.05) is 6.07 Å². The monoisotopic (exact) mass is 503 g/mol. The van der Waals surface area contributed by atoms with Crippen molar-refractivity contribution in [1.82, 2.24) is 15.1 Å². The van der Waals surface area contributed by atoms with Crippen LogP contribution in [0, 0.1) is 12.7 Å². The Morgan fingerprint density at radius 3 is 2.14 bits per heavy atom. The number of halogens is 7. The van der Waals surface area contributed by atoms with Crippen LogP contribution in [-0.4, -0.2) is 42.5 Å². The summed E-state index contributed by atoms with van der Waals surface area (Å²) in [6.07, 6.45) is -9.48. The number of nitrogens with zero attached hydrogens (tertiary/aromatic N) is 2. The van der Waals surface area contributed by atoms with Crippen LogP contribution in [0.15, 0.2) is 36.4 Å². The zero-order valence-corrected chi connectivity index (χ0v) is 19.0. The van der Waals surface area contributed by atoms with Gasteiger partial charge in [0.15, 0.2) is 0 Å². The van der Waals surface area contributed by atoms with Crippen molar-refractivity contribution >= 4 is 6.03 Å². The van der Waals surface area contributed by atoms with Gasteiger partial charge in [0.1, 0.15) is 5.82 Å². The first-order valence-corrected chi connectivity index (χ1v) is 11.1. The molecule has 0 aromatic heterocycles. The molecular weight excluding hydrogens is 479 g/mol. The number of piperazine rings is 1. The lowest BCUT2D eigenvalue weighted by Crippen LogP contribution is -2.54. The summed E-state index contributed by atoms with van der Waals surface area (Å²) in [7, 11) is 1.40. The number of carbonyl (C=O) groups excluding carboxylic acids is 1. The third kappa shape index (κ3) is 4.82. The molecule has 1 saturated carbocycles. The van der Waals surface area contributed by atoms with Crippen LogP contribution in [0.1, 0.15) is 46.7 Å². The Kier molecular flexibility index (Phi) is 6.27. The second-order valence-corrected chi connectivity index (χ2v) is 9.08.